The largest absolute Gasteiger partial charge is 0.352 e. The molecule has 2 aromatic rings. The van der Waals surface area contributed by atoms with E-state index in [4.69, 9.17) is 0 Å². The first-order valence-corrected chi connectivity index (χ1v) is 10.8. The summed E-state index contributed by atoms with van der Waals surface area (Å²) in [6, 6.07) is 7.58. The van der Waals surface area contributed by atoms with Crippen LogP contribution < -0.4 is 5.32 Å². The Balaban J connectivity index is 1.87. The van der Waals surface area contributed by atoms with E-state index in [1.54, 1.807) is 11.9 Å². The van der Waals surface area contributed by atoms with Crippen LogP contribution in [-0.4, -0.2) is 39.6 Å². The molecule has 0 atom stereocenters. The number of nitrogens with one attached hydrogen (secondary N) is 1. The van der Waals surface area contributed by atoms with Gasteiger partial charge in [-0.3, -0.25) is 14.3 Å². The lowest BCUT2D eigenvalue weighted by Crippen LogP contribution is -2.32. The van der Waals surface area contributed by atoms with Crippen molar-refractivity contribution in [2.45, 2.75) is 73.5 Å². The molecule has 0 radical (unpaired) electrons. The number of carbonyl (C=O) groups is 2. The van der Waals surface area contributed by atoms with Crippen LogP contribution in [0.1, 0.15) is 67.0 Å². The van der Waals surface area contributed by atoms with Gasteiger partial charge in [-0.15, -0.1) is 0 Å². The van der Waals surface area contributed by atoms with E-state index in [1.165, 1.54) is 5.56 Å². The van der Waals surface area contributed by atoms with Crippen LogP contribution in [-0.2, 0) is 24.3 Å². The monoisotopic (exact) mass is 412 g/mol. The van der Waals surface area contributed by atoms with Crippen molar-refractivity contribution in [1.29, 1.82) is 0 Å². The summed E-state index contributed by atoms with van der Waals surface area (Å²) in [5.41, 5.74) is 4.96. The van der Waals surface area contributed by atoms with Crippen LogP contribution in [0.3, 0.4) is 0 Å². The molecule has 0 spiro atoms. The Labute approximate surface area is 180 Å². The third kappa shape index (κ3) is 6.18. The molecule has 0 bridgehead atoms. The summed E-state index contributed by atoms with van der Waals surface area (Å²) in [5.74, 6) is 0.557. The van der Waals surface area contributed by atoms with Gasteiger partial charge in [0.05, 0.1) is 5.69 Å². The van der Waals surface area contributed by atoms with Crippen LogP contribution in [0.5, 0.6) is 0 Å². The Morgan fingerprint density at radius 2 is 1.73 bits per heavy atom. The Morgan fingerprint density at radius 1 is 1.10 bits per heavy atom. The molecule has 6 heteroatoms. The van der Waals surface area contributed by atoms with Crippen LogP contribution in [0.4, 0.5) is 0 Å². The molecule has 30 heavy (non-hydrogen) atoms. The quantitative estimate of drug-likeness (QED) is 0.679. The second kappa shape index (κ2) is 10.4. The fourth-order valence-electron chi connectivity index (χ4n) is 3.35. The summed E-state index contributed by atoms with van der Waals surface area (Å²) < 4.78 is 2.05. The molecular formula is C24H36N4O2. The molecule has 0 fully saturated rings. The van der Waals surface area contributed by atoms with Crippen molar-refractivity contribution >= 4 is 11.8 Å². The molecule has 1 N–H and O–H groups in total. The molecule has 0 aliphatic carbocycles. The minimum absolute atomic E-state index is 0.00402. The number of hydrogen-bond acceptors (Lipinski definition) is 3. The minimum atomic E-state index is 0.00402. The van der Waals surface area contributed by atoms with Gasteiger partial charge >= 0.3 is 0 Å². The van der Waals surface area contributed by atoms with Crippen molar-refractivity contribution in [3.63, 3.8) is 0 Å². The lowest BCUT2D eigenvalue weighted by atomic mass is 10.1. The first kappa shape index (κ1) is 23.6. The van der Waals surface area contributed by atoms with Crippen molar-refractivity contribution in [3.8, 4) is 0 Å². The summed E-state index contributed by atoms with van der Waals surface area (Å²) in [6.07, 6.45) is 1.13. The Bertz CT molecular complexity index is 866. The topological polar surface area (TPSA) is 67.2 Å². The number of amides is 2. The zero-order valence-corrected chi connectivity index (χ0v) is 19.5. The summed E-state index contributed by atoms with van der Waals surface area (Å²) >= 11 is 0. The first-order chi connectivity index (χ1) is 14.1. The minimum Gasteiger partial charge on any atom is -0.352 e. The third-order valence-electron chi connectivity index (χ3n) is 5.46. The first-order valence-electron chi connectivity index (χ1n) is 10.8. The van der Waals surface area contributed by atoms with Gasteiger partial charge in [-0.2, -0.15) is 5.10 Å². The van der Waals surface area contributed by atoms with Crippen LogP contribution in [0, 0.1) is 19.8 Å². The van der Waals surface area contributed by atoms with Gasteiger partial charge in [-0.25, -0.2) is 0 Å². The van der Waals surface area contributed by atoms with E-state index < -0.39 is 0 Å². The Hall–Kier alpha value is -2.63. The number of rotatable bonds is 9. The maximum absolute atomic E-state index is 12.3. The molecule has 0 aliphatic rings. The smallest absolute Gasteiger partial charge is 0.253 e. The van der Waals surface area contributed by atoms with Crippen molar-refractivity contribution in [3.05, 3.63) is 52.3 Å². The molecule has 1 aromatic heterocycles. The molecule has 2 amide bonds. The molecule has 164 valence electrons. The van der Waals surface area contributed by atoms with E-state index in [1.807, 2.05) is 49.7 Å². The summed E-state index contributed by atoms with van der Waals surface area (Å²) in [4.78, 5) is 26.4. The van der Waals surface area contributed by atoms with Gasteiger partial charge in [0.15, 0.2) is 0 Å². The highest BCUT2D eigenvalue weighted by molar-refractivity contribution is 5.94. The molecule has 0 aliphatic heterocycles. The van der Waals surface area contributed by atoms with Crippen molar-refractivity contribution < 1.29 is 9.59 Å². The Morgan fingerprint density at radius 3 is 2.30 bits per heavy atom. The van der Waals surface area contributed by atoms with Crippen molar-refractivity contribution in [2.75, 3.05) is 7.05 Å². The van der Waals surface area contributed by atoms with Crippen LogP contribution >= 0.6 is 0 Å². The van der Waals surface area contributed by atoms with E-state index in [-0.39, 0.29) is 17.9 Å². The van der Waals surface area contributed by atoms with Gasteiger partial charge in [0.2, 0.25) is 5.91 Å². The number of nitrogens with zero attached hydrogens (tertiary/aromatic N) is 3. The van der Waals surface area contributed by atoms with Gasteiger partial charge in [0.25, 0.3) is 5.91 Å². The van der Waals surface area contributed by atoms with Crippen LogP contribution in [0.25, 0.3) is 0 Å². The zero-order valence-electron chi connectivity index (χ0n) is 19.5. The Kier molecular flexibility index (Phi) is 8.21. The number of aromatic nitrogens is 2. The fourth-order valence-corrected chi connectivity index (χ4v) is 3.35. The zero-order chi connectivity index (χ0) is 22.4. The predicted octanol–water partition coefficient (Wildman–Crippen LogP) is 3.89. The number of hydrogen-bond donors (Lipinski definition) is 1. The molecule has 1 heterocycles. The van der Waals surface area contributed by atoms with Gasteiger partial charge in [-0.05, 0) is 63.3 Å². The highest BCUT2D eigenvalue weighted by atomic mass is 16.2. The molecule has 1 aromatic carbocycles. The van der Waals surface area contributed by atoms with Crippen LogP contribution in [0.2, 0.25) is 0 Å². The van der Waals surface area contributed by atoms with E-state index in [2.05, 4.69) is 31.2 Å². The van der Waals surface area contributed by atoms with E-state index in [0.29, 0.717) is 30.9 Å². The van der Waals surface area contributed by atoms with E-state index in [9.17, 15) is 9.59 Å². The van der Waals surface area contributed by atoms with Crippen molar-refractivity contribution in [2.24, 2.45) is 5.92 Å². The molecule has 6 nitrogen and oxygen atoms in total. The second-order valence-electron chi connectivity index (χ2n) is 8.71. The average molecular weight is 413 g/mol. The maximum atomic E-state index is 12.3. The summed E-state index contributed by atoms with van der Waals surface area (Å²) in [6.45, 7) is 13.8. The lowest BCUT2D eigenvalue weighted by molar-refractivity contribution is -0.121. The highest BCUT2D eigenvalue weighted by Gasteiger charge is 2.15. The maximum Gasteiger partial charge on any atom is 0.253 e. The van der Waals surface area contributed by atoms with Crippen molar-refractivity contribution in [1.82, 2.24) is 20.0 Å². The average Bonchev–Trinajstić information content (AvgIpc) is 2.96. The SMILES string of the molecule is Cc1nn(CC(C)C)c(C)c1CCC(=O)NCc1ccc(C(=O)N(C)C(C)C)cc1. The highest BCUT2D eigenvalue weighted by Crippen LogP contribution is 2.16. The molecule has 0 unspecified atom stereocenters. The third-order valence-corrected chi connectivity index (χ3v) is 5.46. The number of benzene rings is 1. The number of aryl methyl sites for hydroxylation is 1. The van der Waals surface area contributed by atoms with Crippen LogP contribution in [0.15, 0.2) is 24.3 Å². The number of carbonyl (C=O) groups excluding carboxylic acids is 2. The summed E-state index contributed by atoms with van der Waals surface area (Å²) in [7, 11) is 1.80. The lowest BCUT2D eigenvalue weighted by Gasteiger charge is -2.21. The molecule has 0 saturated carbocycles. The van der Waals surface area contributed by atoms with Gasteiger partial charge in [0, 0.05) is 43.9 Å². The normalized spacial score (nSPS) is 11.2. The second-order valence-corrected chi connectivity index (χ2v) is 8.71. The fraction of sp³-hybridized carbons (Fsp3) is 0.542. The van der Waals surface area contributed by atoms with E-state index >= 15 is 0 Å². The van der Waals surface area contributed by atoms with Gasteiger partial charge in [-0.1, -0.05) is 26.0 Å². The van der Waals surface area contributed by atoms with Gasteiger partial charge < -0.3 is 10.2 Å². The molecular weight excluding hydrogens is 376 g/mol. The summed E-state index contributed by atoms with van der Waals surface area (Å²) in [5, 5.41) is 7.60. The van der Waals surface area contributed by atoms with E-state index in [0.717, 1.165) is 23.5 Å². The molecule has 2 rings (SSSR count). The predicted molar refractivity (Wildman–Crippen MR) is 120 cm³/mol. The van der Waals surface area contributed by atoms with Gasteiger partial charge in [0.1, 0.15) is 0 Å². The standard InChI is InChI=1S/C24H36N4O2/c1-16(2)15-28-19(6)22(18(5)26-28)12-13-23(29)25-14-20-8-10-21(11-9-20)24(30)27(7)17(3)4/h8-11,16-17H,12-15H2,1-7H3,(H,25,29). The molecule has 0 saturated heterocycles.